The Morgan fingerprint density at radius 3 is 2.60 bits per heavy atom. The summed E-state index contributed by atoms with van der Waals surface area (Å²) in [7, 11) is 0. The number of hydrogen-bond acceptors (Lipinski definition) is 3. The van der Waals surface area contributed by atoms with Crippen molar-refractivity contribution in [2.45, 2.75) is 13.5 Å². The first-order valence-electron chi connectivity index (χ1n) is 9.75. The maximum absolute atomic E-state index is 13.6. The molecule has 4 rings (SSSR count). The number of carbonyl (C=O) groups is 1. The topological polar surface area (TPSA) is 51.0 Å². The molecule has 0 saturated carbocycles. The molecule has 2 heterocycles. The highest BCUT2D eigenvalue weighted by Gasteiger charge is 2.23. The first kappa shape index (κ1) is 19.5. The summed E-state index contributed by atoms with van der Waals surface area (Å²) in [5.74, 6) is -0.480. The summed E-state index contributed by atoms with van der Waals surface area (Å²) in [5, 5.41) is 4.68. The maximum atomic E-state index is 13.6. The van der Waals surface area contributed by atoms with Crippen molar-refractivity contribution in [2.24, 2.45) is 0 Å². The molecule has 0 saturated heterocycles. The largest absolute Gasteiger partial charge is 0.334 e. The standard InChI is InChI=1S/C24H21FN4O/c1-2-28(16-18-8-6-10-20(25)14-18)24(30)22-17-29(21-11-4-3-5-12-21)27-23(22)19-9-7-13-26-15-19/h3-15,17H,2,16H2,1H3. The lowest BCUT2D eigenvalue weighted by atomic mass is 10.1. The van der Waals surface area contributed by atoms with E-state index in [2.05, 4.69) is 10.1 Å². The van der Waals surface area contributed by atoms with Crippen LogP contribution in [0, 0.1) is 5.82 Å². The molecule has 30 heavy (non-hydrogen) atoms. The van der Waals surface area contributed by atoms with Gasteiger partial charge in [-0.3, -0.25) is 9.78 Å². The van der Waals surface area contributed by atoms with Crippen LogP contribution in [0.25, 0.3) is 16.9 Å². The molecule has 2 aromatic carbocycles. The Morgan fingerprint density at radius 1 is 1.07 bits per heavy atom. The monoisotopic (exact) mass is 400 g/mol. The Balaban J connectivity index is 1.74. The third kappa shape index (κ3) is 4.12. The Labute approximate surface area is 174 Å². The van der Waals surface area contributed by atoms with Crippen LogP contribution in [-0.2, 0) is 6.54 Å². The minimum absolute atomic E-state index is 0.164. The number of amides is 1. The number of pyridine rings is 1. The van der Waals surface area contributed by atoms with Gasteiger partial charge in [-0.25, -0.2) is 9.07 Å². The van der Waals surface area contributed by atoms with Gasteiger partial charge >= 0.3 is 0 Å². The molecule has 0 aliphatic heterocycles. The first-order valence-corrected chi connectivity index (χ1v) is 9.75. The highest BCUT2D eigenvalue weighted by molar-refractivity contribution is 5.99. The number of rotatable bonds is 6. The minimum Gasteiger partial charge on any atom is -0.334 e. The van der Waals surface area contributed by atoms with E-state index in [4.69, 9.17) is 0 Å². The summed E-state index contributed by atoms with van der Waals surface area (Å²) in [6.07, 6.45) is 5.12. The molecule has 0 fully saturated rings. The summed E-state index contributed by atoms with van der Waals surface area (Å²) in [6, 6.07) is 19.6. The molecule has 0 radical (unpaired) electrons. The average Bonchev–Trinajstić information content (AvgIpc) is 3.24. The number of nitrogens with zero attached hydrogens (tertiary/aromatic N) is 4. The molecule has 0 aliphatic carbocycles. The third-order valence-electron chi connectivity index (χ3n) is 4.83. The number of aromatic nitrogens is 3. The van der Waals surface area contributed by atoms with Crippen molar-refractivity contribution in [3.05, 3.63) is 102 Å². The Hall–Kier alpha value is -3.80. The summed E-state index contributed by atoms with van der Waals surface area (Å²) in [4.78, 5) is 19.3. The average molecular weight is 400 g/mol. The van der Waals surface area contributed by atoms with Gasteiger partial charge in [0.15, 0.2) is 0 Å². The van der Waals surface area contributed by atoms with E-state index in [0.717, 1.165) is 16.8 Å². The number of carbonyl (C=O) groups excluding carboxylic acids is 1. The van der Waals surface area contributed by atoms with Crippen LogP contribution in [0.4, 0.5) is 4.39 Å². The molecule has 0 atom stereocenters. The van der Waals surface area contributed by atoms with E-state index in [0.29, 0.717) is 24.3 Å². The van der Waals surface area contributed by atoms with Gasteiger partial charge in [0.05, 0.1) is 11.3 Å². The van der Waals surface area contributed by atoms with Crippen molar-refractivity contribution in [3.8, 4) is 16.9 Å². The van der Waals surface area contributed by atoms with Gasteiger partial charge in [-0.2, -0.15) is 5.10 Å². The normalized spacial score (nSPS) is 10.7. The lowest BCUT2D eigenvalue weighted by molar-refractivity contribution is 0.0753. The quantitative estimate of drug-likeness (QED) is 0.470. The molecular weight excluding hydrogens is 379 g/mol. The molecule has 0 unspecified atom stereocenters. The zero-order valence-corrected chi connectivity index (χ0v) is 16.6. The van der Waals surface area contributed by atoms with Crippen molar-refractivity contribution in [3.63, 3.8) is 0 Å². The number of benzene rings is 2. The van der Waals surface area contributed by atoms with Gasteiger partial charge in [0, 0.05) is 37.2 Å². The van der Waals surface area contributed by atoms with Crippen LogP contribution in [0.15, 0.2) is 85.3 Å². The van der Waals surface area contributed by atoms with E-state index in [1.165, 1.54) is 12.1 Å². The van der Waals surface area contributed by atoms with Crippen molar-refractivity contribution >= 4 is 5.91 Å². The zero-order chi connectivity index (χ0) is 20.9. The van der Waals surface area contributed by atoms with Crippen LogP contribution in [-0.4, -0.2) is 32.1 Å². The fourth-order valence-electron chi connectivity index (χ4n) is 3.31. The second-order valence-corrected chi connectivity index (χ2v) is 6.86. The van der Waals surface area contributed by atoms with Crippen LogP contribution in [0.3, 0.4) is 0 Å². The predicted octanol–water partition coefficient (Wildman–Crippen LogP) is 4.74. The Morgan fingerprint density at radius 2 is 1.90 bits per heavy atom. The summed E-state index contributed by atoms with van der Waals surface area (Å²) >= 11 is 0. The van der Waals surface area contributed by atoms with Crippen molar-refractivity contribution in [1.29, 1.82) is 0 Å². The zero-order valence-electron chi connectivity index (χ0n) is 16.6. The fourth-order valence-corrected chi connectivity index (χ4v) is 3.31. The van der Waals surface area contributed by atoms with Gasteiger partial charge in [-0.05, 0) is 48.9 Å². The van der Waals surface area contributed by atoms with Crippen LogP contribution < -0.4 is 0 Å². The second-order valence-electron chi connectivity index (χ2n) is 6.86. The SMILES string of the molecule is CCN(Cc1cccc(F)c1)C(=O)c1cn(-c2ccccc2)nc1-c1cccnc1. The molecule has 0 aliphatic rings. The van der Waals surface area contributed by atoms with Crippen LogP contribution in [0.1, 0.15) is 22.8 Å². The Bertz CT molecular complexity index is 1140. The fraction of sp³-hybridized carbons (Fsp3) is 0.125. The van der Waals surface area contributed by atoms with Crippen molar-refractivity contribution in [1.82, 2.24) is 19.7 Å². The van der Waals surface area contributed by atoms with Crippen LogP contribution in [0.2, 0.25) is 0 Å². The van der Waals surface area contributed by atoms with Crippen molar-refractivity contribution in [2.75, 3.05) is 6.54 Å². The molecule has 5 nitrogen and oxygen atoms in total. The Kier molecular flexibility index (Phi) is 5.66. The van der Waals surface area contributed by atoms with Crippen LogP contribution in [0.5, 0.6) is 0 Å². The lowest BCUT2D eigenvalue weighted by Crippen LogP contribution is -2.30. The smallest absolute Gasteiger partial charge is 0.258 e. The van der Waals surface area contributed by atoms with Gasteiger partial charge < -0.3 is 4.90 Å². The predicted molar refractivity (Wildman–Crippen MR) is 114 cm³/mol. The first-order chi connectivity index (χ1) is 14.7. The highest BCUT2D eigenvalue weighted by Crippen LogP contribution is 2.25. The maximum Gasteiger partial charge on any atom is 0.258 e. The molecule has 2 aromatic heterocycles. The van der Waals surface area contributed by atoms with Gasteiger partial charge in [0.2, 0.25) is 0 Å². The number of halogens is 1. The molecular formula is C24H21FN4O. The molecule has 1 amide bonds. The minimum atomic E-state index is -0.316. The number of hydrogen-bond donors (Lipinski definition) is 0. The van der Waals surface area contributed by atoms with Gasteiger partial charge in [0.25, 0.3) is 5.91 Å². The van der Waals surface area contributed by atoms with Gasteiger partial charge in [-0.15, -0.1) is 0 Å². The summed E-state index contributed by atoms with van der Waals surface area (Å²) in [6.45, 7) is 2.71. The van der Waals surface area contributed by atoms with Gasteiger partial charge in [0.1, 0.15) is 11.5 Å². The summed E-state index contributed by atoms with van der Waals surface area (Å²) < 4.78 is 15.3. The molecule has 0 N–H and O–H groups in total. The van der Waals surface area contributed by atoms with E-state index < -0.39 is 0 Å². The third-order valence-corrected chi connectivity index (χ3v) is 4.83. The van der Waals surface area contributed by atoms with Gasteiger partial charge in [-0.1, -0.05) is 30.3 Å². The van der Waals surface area contributed by atoms with Crippen molar-refractivity contribution < 1.29 is 9.18 Å². The summed E-state index contributed by atoms with van der Waals surface area (Å²) in [5.41, 5.74) is 3.40. The highest BCUT2D eigenvalue weighted by atomic mass is 19.1. The molecule has 0 bridgehead atoms. The van der Waals surface area contributed by atoms with E-state index in [1.54, 1.807) is 34.2 Å². The molecule has 0 spiro atoms. The molecule has 6 heteroatoms. The van der Waals surface area contributed by atoms with Crippen LogP contribution >= 0.6 is 0 Å². The van der Waals surface area contributed by atoms with E-state index in [-0.39, 0.29) is 11.7 Å². The molecule has 4 aromatic rings. The number of para-hydroxylation sites is 1. The lowest BCUT2D eigenvalue weighted by Gasteiger charge is -2.21. The molecule has 150 valence electrons. The second kappa shape index (κ2) is 8.69. The van der Waals surface area contributed by atoms with E-state index >= 15 is 0 Å². The van der Waals surface area contributed by atoms with E-state index in [1.807, 2.05) is 55.5 Å². The van der Waals surface area contributed by atoms with E-state index in [9.17, 15) is 9.18 Å².